The molecule has 16 heavy (non-hydrogen) atoms. The van der Waals surface area contributed by atoms with Crippen LogP contribution in [0.25, 0.3) is 0 Å². The van der Waals surface area contributed by atoms with Gasteiger partial charge in [0.15, 0.2) is 0 Å². The quantitative estimate of drug-likeness (QED) is 0.787. The van der Waals surface area contributed by atoms with Crippen molar-refractivity contribution in [2.45, 2.75) is 26.0 Å². The third-order valence-electron chi connectivity index (χ3n) is 2.48. The third-order valence-corrected chi connectivity index (χ3v) is 2.48. The van der Waals surface area contributed by atoms with Crippen LogP contribution < -0.4 is 5.32 Å². The smallest absolute Gasteiger partial charge is 0.332 e. The fourth-order valence-electron chi connectivity index (χ4n) is 1.72. The lowest BCUT2D eigenvalue weighted by atomic mass is 10.1. The van der Waals surface area contributed by atoms with Crippen molar-refractivity contribution >= 4 is 5.97 Å². The van der Waals surface area contributed by atoms with Crippen LogP contribution in [0, 0.1) is 0 Å². The predicted octanol–water partition coefficient (Wildman–Crippen LogP) is 2.00. The lowest BCUT2D eigenvalue weighted by Gasteiger charge is -2.20. The summed E-state index contributed by atoms with van der Waals surface area (Å²) in [5.74, 6) is -0.255. The number of carbonyl (C=O) groups is 1. The van der Waals surface area contributed by atoms with Crippen LogP contribution in [0.1, 0.15) is 18.9 Å². The molecule has 0 aliphatic carbocycles. The first kappa shape index (κ1) is 10.7. The number of hydrogen-bond acceptors (Lipinski definition) is 3. The van der Waals surface area contributed by atoms with E-state index in [0.29, 0.717) is 0 Å². The largest absolute Gasteiger partial charge is 0.459 e. The van der Waals surface area contributed by atoms with Crippen molar-refractivity contribution in [3.8, 4) is 0 Å². The Balaban J connectivity index is 1.93. The minimum Gasteiger partial charge on any atom is -0.459 e. The molecule has 3 heteroatoms. The molecule has 0 fully saturated rings. The lowest BCUT2D eigenvalue weighted by molar-refractivity contribution is -0.143. The molecule has 1 aromatic carbocycles. The minimum absolute atomic E-state index is 0.0317. The van der Waals surface area contributed by atoms with Gasteiger partial charge in [0.2, 0.25) is 0 Å². The number of nitrogens with one attached hydrogen (secondary N) is 1. The van der Waals surface area contributed by atoms with Crippen molar-refractivity contribution in [3.63, 3.8) is 0 Å². The Kier molecular flexibility index (Phi) is 3.25. The van der Waals surface area contributed by atoms with Gasteiger partial charge in [-0.2, -0.15) is 0 Å². The molecule has 0 aromatic heterocycles. The molecular weight excluding hydrogens is 202 g/mol. The van der Waals surface area contributed by atoms with Gasteiger partial charge in [0.1, 0.15) is 6.10 Å². The third kappa shape index (κ3) is 2.86. The monoisotopic (exact) mass is 217 g/mol. The van der Waals surface area contributed by atoms with E-state index in [1.807, 2.05) is 25.1 Å². The highest BCUT2D eigenvalue weighted by molar-refractivity contribution is 5.83. The van der Waals surface area contributed by atoms with Gasteiger partial charge in [0, 0.05) is 24.7 Å². The molecule has 1 aromatic rings. The number of hydrogen-bond donors (Lipinski definition) is 1. The maximum atomic E-state index is 11.2. The van der Waals surface area contributed by atoms with Gasteiger partial charge >= 0.3 is 5.97 Å². The molecule has 0 amide bonds. The molecular formula is C13H15NO2. The van der Waals surface area contributed by atoms with Crippen molar-refractivity contribution < 1.29 is 9.53 Å². The number of esters is 1. The Morgan fingerprint density at radius 3 is 2.81 bits per heavy atom. The number of cyclic esters (lactones) is 1. The van der Waals surface area contributed by atoms with Gasteiger partial charge in [-0.05, 0) is 12.5 Å². The summed E-state index contributed by atoms with van der Waals surface area (Å²) in [6.07, 6.45) is 2.26. The first-order chi connectivity index (χ1) is 7.74. The van der Waals surface area contributed by atoms with Gasteiger partial charge in [-0.15, -0.1) is 0 Å². The Bertz CT molecular complexity index is 398. The Morgan fingerprint density at radius 1 is 1.38 bits per heavy atom. The van der Waals surface area contributed by atoms with E-state index in [1.54, 1.807) is 0 Å². The summed E-state index contributed by atoms with van der Waals surface area (Å²) >= 11 is 0. The first-order valence-electron chi connectivity index (χ1n) is 5.43. The second-order valence-electron chi connectivity index (χ2n) is 3.96. The van der Waals surface area contributed by atoms with Gasteiger partial charge in [-0.3, -0.25) is 0 Å². The van der Waals surface area contributed by atoms with Crippen molar-refractivity contribution in [3.05, 3.63) is 47.7 Å². The molecule has 0 spiro atoms. The molecule has 1 aliphatic rings. The maximum absolute atomic E-state index is 11.2. The minimum atomic E-state index is -0.255. The molecule has 0 saturated heterocycles. The summed E-state index contributed by atoms with van der Waals surface area (Å²) in [6, 6.07) is 10.1. The van der Waals surface area contributed by atoms with Gasteiger partial charge in [0.05, 0.1) is 0 Å². The molecule has 0 saturated carbocycles. The normalized spacial score (nSPS) is 19.9. The summed E-state index contributed by atoms with van der Waals surface area (Å²) in [4.78, 5) is 11.2. The number of carbonyl (C=O) groups excluding carboxylic acids is 1. The summed E-state index contributed by atoms with van der Waals surface area (Å²) in [5.41, 5.74) is 2.16. The second kappa shape index (κ2) is 4.84. The van der Waals surface area contributed by atoms with E-state index >= 15 is 0 Å². The molecule has 1 heterocycles. The summed E-state index contributed by atoms with van der Waals surface area (Å²) < 4.78 is 5.01. The number of rotatable bonds is 3. The predicted molar refractivity (Wildman–Crippen MR) is 61.5 cm³/mol. The molecule has 1 N–H and O–H groups in total. The Labute approximate surface area is 95.1 Å². The zero-order valence-corrected chi connectivity index (χ0v) is 9.27. The van der Waals surface area contributed by atoms with Crippen LogP contribution in [0.4, 0.5) is 0 Å². The average molecular weight is 217 g/mol. The van der Waals surface area contributed by atoms with Crippen molar-refractivity contribution in [1.82, 2.24) is 5.32 Å². The van der Waals surface area contributed by atoms with E-state index in [9.17, 15) is 4.79 Å². The van der Waals surface area contributed by atoms with Crippen LogP contribution in [-0.4, -0.2) is 12.1 Å². The van der Waals surface area contributed by atoms with E-state index in [2.05, 4.69) is 17.4 Å². The van der Waals surface area contributed by atoms with Crippen LogP contribution in [0.2, 0.25) is 0 Å². The van der Waals surface area contributed by atoms with E-state index in [0.717, 1.165) is 18.7 Å². The molecule has 1 atom stereocenters. The van der Waals surface area contributed by atoms with E-state index < -0.39 is 0 Å². The SMILES string of the molecule is CC1CC(NCc2ccccc2)=CC(=O)O1. The zero-order valence-electron chi connectivity index (χ0n) is 9.27. The number of ether oxygens (including phenoxy) is 1. The Hall–Kier alpha value is -1.77. The highest BCUT2D eigenvalue weighted by Crippen LogP contribution is 2.13. The molecule has 84 valence electrons. The van der Waals surface area contributed by atoms with Crippen molar-refractivity contribution in [1.29, 1.82) is 0 Å². The van der Waals surface area contributed by atoms with E-state index in [4.69, 9.17) is 4.74 Å². The maximum Gasteiger partial charge on any atom is 0.332 e. The van der Waals surface area contributed by atoms with Gasteiger partial charge in [0.25, 0.3) is 0 Å². The Morgan fingerprint density at radius 2 is 2.12 bits per heavy atom. The summed E-state index contributed by atoms with van der Waals surface area (Å²) in [7, 11) is 0. The summed E-state index contributed by atoms with van der Waals surface area (Å²) in [5, 5.41) is 3.26. The molecule has 3 nitrogen and oxygen atoms in total. The van der Waals surface area contributed by atoms with Gasteiger partial charge in [-0.25, -0.2) is 4.79 Å². The zero-order chi connectivity index (χ0) is 11.4. The van der Waals surface area contributed by atoms with Crippen LogP contribution in [-0.2, 0) is 16.1 Å². The van der Waals surface area contributed by atoms with Gasteiger partial charge in [-0.1, -0.05) is 30.3 Å². The van der Waals surface area contributed by atoms with Crippen LogP contribution in [0.15, 0.2) is 42.1 Å². The van der Waals surface area contributed by atoms with Crippen LogP contribution >= 0.6 is 0 Å². The van der Waals surface area contributed by atoms with Crippen molar-refractivity contribution in [2.75, 3.05) is 0 Å². The van der Waals surface area contributed by atoms with Crippen molar-refractivity contribution in [2.24, 2.45) is 0 Å². The average Bonchev–Trinajstić information content (AvgIpc) is 2.27. The second-order valence-corrected chi connectivity index (χ2v) is 3.96. The van der Waals surface area contributed by atoms with Gasteiger partial charge < -0.3 is 10.1 Å². The van der Waals surface area contributed by atoms with Crippen LogP contribution in [0.5, 0.6) is 0 Å². The van der Waals surface area contributed by atoms with E-state index in [1.165, 1.54) is 11.6 Å². The van der Waals surface area contributed by atoms with Crippen LogP contribution in [0.3, 0.4) is 0 Å². The first-order valence-corrected chi connectivity index (χ1v) is 5.43. The standard InChI is InChI=1S/C13H15NO2/c1-10-7-12(8-13(15)16-10)14-9-11-5-3-2-4-6-11/h2-6,8,10,14H,7,9H2,1H3. The number of benzene rings is 1. The molecule has 1 aliphatic heterocycles. The summed E-state index contributed by atoms with van der Waals surface area (Å²) in [6.45, 7) is 2.64. The fraction of sp³-hybridized carbons (Fsp3) is 0.308. The molecule has 2 rings (SSSR count). The van der Waals surface area contributed by atoms with E-state index in [-0.39, 0.29) is 12.1 Å². The fourth-order valence-corrected chi connectivity index (χ4v) is 1.72. The lowest BCUT2D eigenvalue weighted by Crippen LogP contribution is -2.26. The molecule has 0 radical (unpaired) electrons. The highest BCUT2D eigenvalue weighted by Gasteiger charge is 2.16. The molecule has 1 unspecified atom stereocenters. The highest BCUT2D eigenvalue weighted by atomic mass is 16.5. The topological polar surface area (TPSA) is 38.3 Å². The molecule has 0 bridgehead atoms.